The van der Waals surface area contributed by atoms with Gasteiger partial charge in [0.1, 0.15) is 24.4 Å². The van der Waals surface area contributed by atoms with Gasteiger partial charge in [0.15, 0.2) is 11.5 Å². The maximum atomic E-state index is 11.9. The SMILES string of the molecule is O=C(O)c1cc(C=CN2c3cc(O)c(OC4OC(CO)C(O)C(O)C4O)cc3CC2C(=O)[O-])cc(C(=O)O)[nH+]1. The molecule has 39 heavy (non-hydrogen) atoms. The molecule has 0 saturated carbocycles. The van der Waals surface area contributed by atoms with Crippen molar-refractivity contribution in [1.82, 2.24) is 0 Å². The quantitative estimate of drug-likeness (QED) is 0.173. The number of carboxylic acids is 3. The molecule has 1 fully saturated rings. The molecule has 3 heterocycles. The molecule has 0 radical (unpaired) electrons. The highest BCUT2D eigenvalue weighted by Gasteiger charge is 2.45. The lowest BCUT2D eigenvalue weighted by molar-refractivity contribution is -0.388. The Labute approximate surface area is 219 Å². The molecule has 2 aliphatic heterocycles. The van der Waals surface area contributed by atoms with Gasteiger partial charge in [0.05, 0.1) is 18.6 Å². The average molecular weight is 548 g/mol. The van der Waals surface area contributed by atoms with Crippen LogP contribution >= 0.6 is 0 Å². The van der Waals surface area contributed by atoms with Crippen LogP contribution in [0.1, 0.15) is 32.1 Å². The largest absolute Gasteiger partial charge is 0.548 e. The number of aliphatic carboxylic acids is 1. The number of rotatable bonds is 8. The second kappa shape index (κ2) is 10.8. The first-order valence-corrected chi connectivity index (χ1v) is 11.5. The number of hydrogen-bond donors (Lipinski definition) is 7. The number of carbonyl (C=O) groups is 3. The lowest BCUT2D eigenvalue weighted by Gasteiger charge is -2.39. The summed E-state index contributed by atoms with van der Waals surface area (Å²) in [4.78, 5) is 38.0. The van der Waals surface area contributed by atoms with E-state index in [0.29, 0.717) is 5.56 Å². The number of aromatic hydroxyl groups is 1. The summed E-state index contributed by atoms with van der Waals surface area (Å²) < 4.78 is 10.8. The standard InChI is InChI=1S/C24H24N2O13/c27-8-17-18(29)19(30)20(31)24(39-17)38-16-6-10-5-14(23(36)37)26(13(10)7-15(16)28)2-1-9-3-11(21(32)33)25-12(4-9)22(34)35/h1-4,6-7,14,17-20,24,27-31H,5,8H2,(H,32,33)(H,34,35)(H,36,37). The molecule has 6 unspecified atom stereocenters. The second-order valence-electron chi connectivity index (χ2n) is 8.88. The van der Waals surface area contributed by atoms with Gasteiger partial charge in [0, 0.05) is 36.5 Å². The van der Waals surface area contributed by atoms with Gasteiger partial charge in [-0.05, 0) is 23.3 Å². The number of aliphatic hydroxyl groups excluding tert-OH is 4. The van der Waals surface area contributed by atoms with Gasteiger partial charge in [-0.1, -0.05) is 0 Å². The topological polar surface area (TPSA) is 252 Å². The number of aromatic carboxylic acids is 2. The van der Waals surface area contributed by atoms with Crippen LogP contribution in [-0.4, -0.2) is 97.0 Å². The van der Waals surface area contributed by atoms with E-state index in [1.54, 1.807) is 0 Å². The third kappa shape index (κ3) is 5.47. The molecule has 208 valence electrons. The summed E-state index contributed by atoms with van der Waals surface area (Å²) in [6, 6.07) is 3.45. The average Bonchev–Trinajstić information content (AvgIpc) is 3.24. The van der Waals surface area contributed by atoms with Gasteiger partial charge in [-0.3, -0.25) is 0 Å². The van der Waals surface area contributed by atoms with Crippen LogP contribution in [0.25, 0.3) is 6.08 Å². The normalized spacial score (nSPS) is 26.4. The van der Waals surface area contributed by atoms with Gasteiger partial charge in [0.2, 0.25) is 6.29 Å². The molecule has 1 aromatic carbocycles. The Hall–Kier alpha value is -4.28. The minimum Gasteiger partial charge on any atom is -0.548 e. The lowest BCUT2D eigenvalue weighted by atomic mass is 9.99. The van der Waals surface area contributed by atoms with Crippen molar-refractivity contribution in [2.24, 2.45) is 0 Å². The first kappa shape index (κ1) is 27.7. The van der Waals surface area contributed by atoms with Gasteiger partial charge >= 0.3 is 11.9 Å². The highest BCUT2D eigenvalue weighted by Crippen LogP contribution is 2.41. The number of phenolic OH excluding ortho intramolecular Hbond substituents is 1. The third-order valence-electron chi connectivity index (χ3n) is 6.33. The van der Waals surface area contributed by atoms with Gasteiger partial charge < -0.3 is 60.0 Å². The molecular formula is C24H24N2O13. The van der Waals surface area contributed by atoms with Crippen molar-refractivity contribution in [2.45, 2.75) is 43.2 Å². The number of hydrogen-bond acceptors (Lipinski definition) is 12. The van der Waals surface area contributed by atoms with Crippen molar-refractivity contribution < 1.29 is 69.7 Å². The van der Waals surface area contributed by atoms with Crippen molar-refractivity contribution in [2.75, 3.05) is 11.5 Å². The molecule has 0 spiro atoms. The number of carbonyl (C=O) groups excluding carboxylic acids is 1. The summed E-state index contributed by atoms with van der Waals surface area (Å²) in [5, 5.41) is 80.4. The second-order valence-corrected chi connectivity index (χ2v) is 8.88. The fraction of sp³-hybridized carbons (Fsp3) is 0.333. The van der Waals surface area contributed by atoms with Crippen molar-refractivity contribution in [3.63, 3.8) is 0 Å². The zero-order valence-corrected chi connectivity index (χ0v) is 19.9. The maximum Gasteiger partial charge on any atom is 0.401 e. The molecule has 2 aliphatic rings. The zero-order valence-electron chi connectivity index (χ0n) is 19.9. The molecule has 0 aliphatic carbocycles. The molecule has 1 aromatic heterocycles. The van der Waals surface area contributed by atoms with E-state index in [9.17, 15) is 55.2 Å². The van der Waals surface area contributed by atoms with E-state index in [0.717, 1.165) is 18.2 Å². The summed E-state index contributed by atoms with van der Waals surface area (Å²) in [7, 11) is 0. The number of phenols is 1. The third-order valence-corrected chi connectivity index (χ3v) is 6.33. The van der Waals surface area contributed by atoms with Gasteiger partial charge in [-0.25, -0.2) is 9.59 Å². The number of carboxylic acid groups (broad SMARTS) is 3. The van der Waals surface area contributed by atoms with Crippen molar-refractivity contribution in [3.05, 3.63) is 53.0 Å². The molecule has 4 rings (SSSR count). The molecule has 1 saturated heterocycles. The molecule has 15 nitrogen and oxygen atoms in total. The Bertz CT molecular complexity index is 1300. The lowest BCUT2D eigenvalue weighted by Crippen LogP contribution is -2.60. The number of aromatic nitrogens is 1. The highest BCUT2D eigenvalue weighted by molar-refractivity contribution is 5.88. The summed E-state index contributed by atoms with van der Waals surface area (Å²) in [6.07, 6.45) is -5.53. The number of nitrogens with one attached hydrogen (secondary N) is 1. The fourth-order valence-corrected chi connectivity index (χ4v) is 4.33. The predicted octanol–water partition coefficient (Wildman–Crippen LogP) is -3.07. The number of nitrogens with zero attached hydrogens (tertiary/aromatic N) is 1. The number of ether oxygens (including phenoxy) is 2. The number of fused-ring (bicyclic) bond motifs is 1. The van der Waals surface area contributed by atoms with E-state index >= 15 is 0 Å². The van der Waals surface area contributed by atoms with Crippen LogP contribution in [-0.2, 0) is 16.0 Å². The minimum absolute atomic E-state index is 0.126. The van der Waals surface area contributed by atoms with Crippen LogP contribution in [0.4, 0.5) is 5.69 Å². The predicted molar refractivity (Wildman–Crippen MR) is 123 cm³/mol. The molecule has 0 bridgehead atoms. The van der Waals surface area contributed by atoms with Gasteiger partial charge in [-0.15, -0.1) is 0 Å². The van der Waals surface area contributed by atoms with E-state index in [2.05, 4.69) is 4.98 Å². The van der Waals surface area contributed by atoms with Crippen molar-refractivity contribution in [1.29, 1.82) is 0 Å². The Morgan fingerprint density at radius 3 is 2.26 bits per heavy atom. The number of H-pyrrole nitrogens is 1. The number of aromatic amines is 1. The molecular weight excluding hydrogens is 524 g/mol. The van der Waals surface area contributed by atoms with Crippen LogP contribution < -0.4 is 19.7 Å². The van der Waals surface area contributed by atoms with Gasteiger partial charge in [0.25, 0.3) is 11.4 Å². The van der Waals surface area contributed by atoms with Crippen LogP contribution in [0.15, 0.2) is 30.5 Å². The highest BCUT2D eigenvalue weighted by atomic mass is 16.7. The van der Waals surface area contributed by atoms with E-state index in [1.165, 1.54) is 23.2 Å². The monoisotopic (exact) mass is 548 g/mol. The summed E-state index contributed by atoms with van der Waals surface area (Å²) in [6.45, 7) is -0.697. The Morgan fingerprint density at radius 1 is 1.05 bits per heavy atom. The van der Waals surface area contributed by atoms with Crippen molar-refractivity contribution in [3.8, 4) is 11.5 Å². The van der Waals surface area contributed by atoms with E-state index < -0.39 is 78.4 Å². The van der Waals surface area contributed by atoms with E-state index in [4.69, 9.17) is 9.47 Å². The Kier molecular flexibility index (Phi) is 7.71. The molecule has 15 heteroatoms. The molecule has 0 amide bonds. The number of benzene rings is 1. The zero-order chi connectivity index (χ0) is 28.6. The molecule has 8 N–H and O–H groups in total. The summed E-state index contributed by atoms with van der Waals surface area (Å²) in [5.41, 5.74) is -0.148. The number of pyridine rings is 1. The van der Waals surface area contributed by atoms with Crippen LogP contribution in [0.2, 0.25) is 0 Å². The Balaban J connectivity index is 1.64. The van der Waals surface area contributed by atoms with Crippen LogP contribution in [0.5, 0.6) is 11.5 Å². The smallest absolute Gasteiger partial charge is 0.401 e. The first-order chi connectivity index (χ1) is 18.4. The number of aliphatic hydroxyl groups is 4. The van der Waals surface area contributed by atoms with Crippen molar-refractivity contribution >= 4 is 29.7 Å². The van der Waals surface area contributed by atoms with E-state index in [-0.39, 0.29) is 23.4 Å². The number of anilines is 1. The van der Waals surface area contributed by atoms with Crippen LogP contribution in [0, 0.1) is 0 Å². The minimum atomic E-state index is -1.75. The summed E-state index contributed by atoms with van der Waals surface area (Å²) in [5.74, 6) is -5.08. The molecule has 6 atom stereocenters. The van der Waals surface area contributed by atoms with Crippen LogP contribution in [0.3, 0.4) is 0 Å². The molecule has 2 aromatic rings. The van der Waals surface area contributed by atoms with Gasteiger partial charge in [-0.2, -0.15) is 4.98 Å². The van der Waals surface area contributed by atoms with E-state index in [1.807, 2.05) is 0 Å². The summed E-state index contributed by atoms with van der Waals surface area (Å²) >= 11 is 0. The fourth-order valence-electron chi connectivity index (χ4n) is 4.33. The first-order valence-electron chi connectivity index (χ1n) is 11.5. The maximum absolute atomic E-state index is 11.9. The Morgan fingerprint density at radius 2 is 1.69 bits per heavy atom.